The molecule has 0 saturated carbocycles. The van der Waals surface area contributed by atoms with Crippen LogP contribution in [0.15, 0.2) is 41.3 Å². The van der Waals surface area contributed by atoms with Crippen molar-refractivity contribution >= 4 is 17.7 Å². The Morgan fingerprint density at radius 1 is 1.26 bits per heavy atom. The molecule has 104 valence electrons. The second kappa shape index (κ2) is 6.80. The number of esters is 1. The Morgan fingerprint density at radius 2 is 1.84 bits per heavy atom. The first kappa shape index (κ1) is 15.8. The average molecular weight is 278 g/mol. The van der Waals surface area contributed by atoms with E-state index in [-0.39, 0.29) is 11.4 Å². The SMILES string of the molecule is C=C(CSc1ccc(C(C)(C)C)cc1)C(=O)OCC. The Morgan fingerprint density at radius 3 is 2.32 bits per heavy atom. The van der Waals surface area contributed by atoms with Crippen LogP contribution in [0.4, 0.5) is 0 Å². The van der Waals surface area contributed by atoms with Gasteiger partial charge in [-0.3, -0.25) is 0 Å². The summed E-state index contributed by atoms with van der Waals surface area (Å²) in [5, 5.41) is 0. The van der Waals surface area contributed by atoms with Crippen molar-refractivity contribution in [1.82, 2.24) is 0 Å². The zero-order chi connectivity index (χ0) is 14.5. The smallest absolute Gasteiger partial charge is 0.334 e. The van der Waals surface area contributed by atoms with Gasteiger partial charge in [-0.2, -0.15) is 0 Å². The fourth-order valence-electron chi connectivity index (χ4n) is 1.51. The Hall–Kier alpha value is -1.22. The maximum absolute atomic E-state index is 11.4. The zero-order valence-corrected chi connectivity index (χ0v) is 13.0. The largest absolute Gasteiger partial charge is 0.463 e. The summed E-state index contributed by atoms with van der Waals surface area (Å²) in [6, 6.07) is 8.44. The summed E-state index contributed by atoms with van der Waals surface area (Å²) in [5.74, 6) is 0.259. The molecule has 0 heterocycles. The van der Waals surface area contributed by atoms with Crippen molar-refractivity contribution < 1.29 is 9.53 Å². The summed E-state index contributed by atoms with van der Waals surface area (Å²) in [6.07, 6.45) is 0. The fourth-order valence-corrected chi connectivity index (χ4v) is 2.30. The number of thioether (sulfide) groups is 1. The molecule has 0 aliphatic heterocycles. The van der Waals surface area contributed by atoms with Gasteiger partial charge in [0, 0.05) is 16.2 Å². The molecule has 0 amide bonds. The Balaban J connectivity index is 2.55. The van der Waals surface area contributed by atoms with Crippen LogP contribution in [-0.2, 0) is 14.9 Å². The zero-order valence-electron chi connectivity index (χ0n) is 12.2. The van der Waals surface area contributed by atoms with E-state index in [4.69, 9.17) is 4.74 Å². The molecule has 0 aliphatic carbocycles. The molecule has 0 radical (unpaired) electrons. The quantitative estimate of drug-likeness (QED) is 0.459. The van der Waals surface area contributed by atoms with E-state index >= 15 is 0 Å². The third-order valence-corrected chi connectivity index (χ3v) is 3.80. The van der Waals surface area contributed by atoms with Crippen LogP contribution >= 0.6 is 11.8 Å². The molecule has 1 rings (SSSR count). The lowest BCUT2D eigenvalue weighted by Gasteiger charge is -2.19. The summed E-state index contributed by atoms with van der Waals surface area (Å²) >= 11 is 1.60. The van der Waals surface area contributed by atoms with E-state index in [1.807, 2.05) is 0 Å². The third-order valence-electron chi connectivity index (χ3n) is 2.70. The van der Waals surface area contributed by atoms with Crippen molar-refractivity contribution in [2.75, 3.05) is 12.4 Å². The third kappa shape index (κ3) is 5.11. The summed E-state index contributed by atoms with van der Waals surface area (Å²) in [5.41, 5.74) is 1.98. The first-order chi connectivity index (χ1) is 8.84. The van der Waals surface area contributed by atoms with Crippen LogP contribution in [-0.4, -0.2) is 18.3 Å². The maximum atomic E-state index is 11.4. The van der Waals surface area contributed by atoms with Crippen LogP contribution in [0.1, 0.15) is 33.3 Å². The summed E-state index contributed by atoms with van der Waals surface area (Å²) in [7, 11) is 0. The summed E-state index contributed by atoms with van der Waals surface area (Å²) in [4.78, 5) is 12.6. The van der Waals surface area contributed by atoms with Crippen LogP contribution in [0.3, 0.4) is 0 Å². The number of carbonyl (C=O) groups excluding carboxylic acids is 1. The fraction of sp³-hybridized carbons (Fsp3) is 0.438. The van der Waals surface area contributed by atoms with Gasteiger partial charge in [0.05, 0.1) is 6.61 Å². The van der Waals surface area contributed by atoms with Crippen LogP contribution in [0.2, 0.25) is 0 Å². The van der Waals surface area contributed by atoms with Crippen LogP contribution in [0, 0.1) is 0 Å². The van der Waals surface area contributed by atoms with Gasteiger partial charge in [-0.15, -0.1) is 11.8 Å². The number of hydrogen-bond acceptors (Lipinski definition) is 3. The second-order valence-corrected chi connectivity index (χ2v) is 6.44. The van der Waals surface area contributed by atoms with E-state index < -0.39 is 0 Å². The van der Waals surface area contributed by atoms with Crippen molar-refractivity contribution in [3.8, 4) is 0 Å². The van der Waals surface area contributed by atoms with E-state index in [1.54, 1.807) is 18.7 Å². The van der Waals surface area contributed by atoms with E-state index in [0.717, 1.165) is 4.90 Å². The average Bonchev–Trinajstić information content (AvgIpc) is 2.35. The molecule has 0 fully saturated rings. The Kier molecular flexibility index (Phi) is 5.67. The molecule has 0 aromatic heterocycles. The highest BCUT2D eigenvalue weighted by molar-refractivity contribution is 7.99. The predicted octanol–water partition coefficient (Wildman–Crippen LogP) is 4.20. The Labute approximate surface area is 120 Å². The molecule has 0 bridgehead atoms. The van der Waals surface area contributed by atoms with Gasteiger partial charge < -0.3 is 4.74 Å². The lowest BCUT2D eigenvalue weighted by Crippen LogP contribution is -2.10. The standard InChI is InChI=1S/C16H22O2S/c1-6-18-15(17)12(2)11-19-14-9-7-13(8-10-14)16(3,4)5/h7-10H,2,6,11H2,1,3-5H3. The highest BCUT2D eigenvalue weighted by Crippen LogP contribution is 2.26. The minimum Gasteiger partial charge on any atom is -0.463 e. The van der Waals surface area contributed by atoms with Crippen molar-refractivity contribution in [1.29, 1.82) is 0 Å². The van der Waals surface area contributed by atoms with Gasteiger partial charge in [-0.05, 0) is 30.0 Å². The molecule has 0 spiro atoms. The van der Waals surface area contributed by atoms with E-state index in [9.17, 15) is 4.79 Å². The van der Waals surface area contributed by atoms with E-state index in [1.165, 1.54) is 5.56 Å². The topological polar surface area (TPSA) is 26.3 Å². The van der Waals surface area contributed by atoms with Gasteiger partial charge in [0.2, 0.25) is 0 Å². The molecule has 0 aliphatic rings. The van der Waals surface area contributed by atoms with Crippen molar-refractivity contribution in [2.24, 2.45) is 0 Å². The molecule has 0 unspecified atom stereocenters. The minimum atomic E-state index is -0.304. The number of carbonyl (C=O) groups is 1. The molecular weight excluding hydrogens is 256 g/mol. The molecule has 2 nitrogen and oxygen atoms in total. The first-order valence-electron chi connectivity index (χ1n) is 6.43. The number of benzene rings is 1. The van der Waals surface area contributed by atoms with Crippen molar-refractivity contribution in [3.05, 3.63) is 42.0 Å². The molecule has 1 aromatic carbocycles. The minimum absolute atomic E-state index is 0.164. The lowest BCUT2D eigenvalue weighted by molar-refractivity contribution is -0.138. The maximum Gasteiger partial charge on any atom is 0.334 e. The highest BCUT2D eigenvalue weighted by atomic mass is 32.2. The van der Waals surface area contributed by atoms with Crippen LogP contribution in [0.25, 0.3) is 0 Å². The molecule has 1 aromatic rings. The highest BCUT2D eigenvalue weighted by Gasteiger charge is 2.13. The number of rotatable bonds is 5. The number of ether oxygens (including phenoxy) is 1. The number of hydrogen-bond donors (Lipinski definition) is 0. The van der Waals surface area contributed by atoms with E-state index in [2.05, 4.69) is 51.6 Å². The first-order valence-corrected chi connectivity index (χ1v) is 7.41. The molecule has 0 saturated heterocycles. The monoisotopic (exact) mass is 278 g/mol. The van der Waals surface area contributed by atoms with Gasteiger partial charge >= 0.3 is 5.97 Å². The van der Waals surface area contributed by atoms with Crippen molar-refractivity contribution in [3.63, 3.8) is 0 Å². The van der Waals surface area contributed by atoms with Gasteiger partial charge in [0.1, 0.15) is 0 Å². The molecule has 19 heavy (non-hydrogen) atoms. The van der Waals surface area contributed by atoms with Gasteiger partial charge in [-0.1, -0.05) is 39.5 Å². The molecular formula is C16H22O2S. The lowest BCUT2D eigenvalue weighted by atomic mass is 9.87. The normalized spacial score (nSPS) is 11.2. The van der Waals surface area contributed by atoms with Gasteiger partial charge in [0.15, 0.2) is 0 Å². The second-order valence-electron chi connectivity index (χ2n) is 5.39. The summed E-state index contributed by atoms with van der Waals surface area (Å²) < 4.78 is 4.90. The van der Waals surface area contributed by atoms with Gasteiger partial charge in [0.25, 0.3) is 0 Å². The van der Waals surface area contributed by atoms with Gasteiger partial charge in [-0.25, -0.2) is 4.79 Å². The van der Waals surface area contributed by atoms with Crippen LogP contribution < -0.4 is 0 Å². The molecule has 3 heteroatoms. The molecule has 0 N–H and O–H groups in total. The summed E-state index contributed by atoms with van der Waals surface area (Å²) in [6.45, 7) is 12.5. The molecule has 0 atom stereocenters. The predicted molar refractivity (Wildman–Crippen MR) is 81.6 cm³/mol. The Bertz CT molecular complexity index is 441. The van der Waals surface area contributed by atoms with E-state index in [0.29, 0.717) is 17.9 Å². The van der Waals surface area contributed by atoms with Crippen LogP contribution in [0.5, 0.6) is 0 Å². The van der Waals surface area contributed by atoms with Crippen molar-refractivity contribution in [2.45, 2.75) is 38.0 Å².